The lowest BCUT2D eigenvalue weighted by Gasteiger charge is -2.36. The summed E-state index contributed by atoms with van der Waals surface area (Å²) in [6.45, 7) is 0.617. The Labute approximate surface area is 122 Å². The van der Waals surface area contributed by atoms with Crippen LogP contribution in [0.5, 0.6) is 5.75 Å². The van der Waals surface area contributed by atoms with Crippen LogP contribution in [0.4, 0.5) is 8.78 Å². The Morgan fingerprint density at radius 3 is 2.62 bits per heavy atom. The molecule has 4 nitrogen and oxygen atoms in total. The van der Waals surface area contributed by atoms with Crippen LogP contribution in [0.3, 0.4) is 0 Å². The van der Waals surface area contributed by atoms with Crippen molar-refractivity contribution in [3.8, 4) is 5.75 Å². The highest BCUT2D eigenvalue weighted by Gasteiger charge is 2.28. The van der Waals surface area contributed by atoms with E-state index in [-0.39, 0.29) is 17.6 Å². The average Bonchev–Trinajstić information content (AvgIpc) is 2.42. The number of piperidine rings is 1. The van der Waals surface area contributed by atoms with Gasteiger partial charge in [0.1, 0.15) is 5.75 Å². The highest BCUT2D eigenvalue weighted by atomic mass is 19.3. The number of rotatable bonds is 5. The summed E-state index contributed by atoms with van der Waals surface area (Å²) in [7, 11) is 0. The lowest BCUT2D eigenvalue weighted by atomic mass is 9.92. The van der Waals surface area contributed by atoms with Crippen molar-refractivity contribution in [1.29, 1.82) is 0 Å². The third-order valence-corrected chi connectivity index (χ3v) is 3.95. The minimum Gasteiger partial charge on any atom is -0.435 e. The van der Waals surface area contributed by atoms with Crippen LogP contribution in [0.2, 0.25) is 0 Å². The number of ether oxygens (including phenoxy) is 1. The number of alkyl halides is 2. The van der Waals surface area contributed by atoms with Crippen molar-refractivity contribution in [3.63, 3.8) is 0 Å². The van der Waals surface area contributed by atoms with Crippen molar-refractivity contribution in [2.45, 2.75) is 39.0 Å². The van der Waals surface area contributed by atoms with Crippen LogP contribution in [-0.4, -0.2) is 30.0 Å². The fourth-order valence-corrected chi connectivity index (χ4v) is 2.64. The first-order chi connectivity index (χ1) is 9.95. The first-order valence-electron chi connectivity index (χ1n) is 7.03. The molecule has 0 spiro atoms. The molecule has 0 bridgehead atoms. The summed E-state index contributed by atoms with van der Waals surface area (Å²) in [4.78, 5) is 13.5. The number of hydrogen-bond donors (Lipinski definition) is 1. The fraction of sp³-hybridized carbons (Fsp3) is 0.533. The van der Waals surface area contributed by atoms with Gasteiger partial charge in [-0.15, -0.1) is 0 Å². The molecule has 6 heteroatoms. The van der Waals surface area contributed by atoms with E-state index >= 15 is 0 Å². The monoisotopic (exact) mass is 298 g/mol. The van der Waals surface area contributed by atoms with E-state index in [1.165, 1.54) is 12.1 Å². The lowest BCUT2D eigenvalue weighted by molar-refractivity contribution is -0.124. The number of carbonyl (C=O) groups excluding carboxylic acids is 1. The Hall–Kier alpha value is -1.69. The maximum absolute atomic E-state index is 12.1. The molecule has 1 fully saturated rings. The Bertz CT molecular complexity index is 479. The van der Waals surface area contributed by atoms with Crippen molar-refractivity contribution < 1.29 is 18.3 Å². The minimum absolute atomic E-state index is 0.109. The van der Waals surface area contributed by atoms with Crippen LogP contribution in [-0.2, 0) is 11.3 Å². The van der Waals surface area contributed by atoms with Gasteiger partial charge in [0, 0.05) is 19.1 Å². The van der Waals surface area contributed by atoms with Gasteiger partial charge in [-0.2, -0.15) is 8.78 Å². The zero-order valence-electron chi connectivity index (χ0n) is 12.0. The van der Waals surface area contributed by atoms with Crippen LogP contribution in [0.1, 0.15) is 25.3 Å². The number of carbonyl (C=O) groups is 1. The van der Waals surface area contributed by atoms with Crippen molar-refractivity contribution >= 4 is 5.91 Å². The van der Waals surface area contributed by atoms with Crippen LogP contribution in [0.15, 0.2) is 24.3 Å². The minimum atomic E-state index is -2.81. The molecule has 1 saturated heterocycles. The first kappa shape index (κ1) is 15.7. The number of amides is 1. The summed E-state index contributed by atoms with van der Waals surface area (Å²) in [6, 6.07) is 6.96. The van der Waals surface area contributed by atoms with Gasteiger partial charge >= 0.3 is 6.61 Å². The highest BCUT2D eigenvalue weighted by Crippen LogP contribution is 2.24. The number of likely N-dealkylation sites (tertiary alicyclic amines) is 1. The zero-order valence-corrected chi connectivity index (χ0v) is 12.0. The topological polar surface area (TPSA) is 55.6 Å². The molecule has 1 heterocycles. The van der Waals surface area contributed by atoms with E-state index in [4.69, 9.17) is 5.73 Å². The predicted octanol–water partition coefficient (Wildman–Crippen LogP) is 2.37. The van der Waals surface area contributed by atoms with Crippen molar-refractivity contribution in [2.75, 3.05) is 6.54 Å². The molecule has 116 valence electrons. The third kappa shape index (κ3) is 4.39. The van der Waals surface area contributed by atoms with E-state index in [2.05, 4.69) is 16.6 Å². The Balaban J connectivity index is 1.97. The molecule has 21 heavy (non-hydrogen) atoms. The molecule has 1 aliphatic rings. The van der Waals surface area contributed by atoms with E-state index < -0.39 is 6.61 Å². The second-order valence-corrected chi connectivity index (χ2v) is 5.48. The third-order valence-electron chi connectivity index (χ3n) is 3.95. The zero-order chi connectivity index (χ0) is 15.4. The van der Waals surface area contributed by atoms with Gasteiger partial charge in [-0.25, -0.2) is 0 Å². The molecule has 0 aliphatic carbocycles. The van der Waals surface area contributed by atoms with E-state index in [0.717, 1.165) is 18.4 Å². The van der Waals surface area contributed by atoms with Crippen LogP contribution < -0.4 is 10.5 Å². The van der Waals surface area contributed by atoms with E-state index in [1.807, 2.05) is 0 Å². The predicted molar refractivity (Wildman–Crippen MR) is 74.9 cm³/mol. The average molecular weight is 298 g/mol. The van der Waals surface area contributed by atoms with Crippen LogP contribution >= 0.6 is 0 Å². The van der Waals surface area contributed by atoms with Gasteiger partial charge in [0.2, 0.25) is 5.91 Å². The number of halogens is 2. The molecule has 1 aromatic carbocycles. The number of nitrogens with zero attached hydrogens (tertiary/aromatic N) is 1. The standard InChI is InChI=1S/C15H20F2N2O2/c1-10-2-5-12(14(18)20)9-19(10)8-11-3-6-13(7-4-11)21-15(16)17/h3-4,6-7,10,12,15H,2,5,8-9H2,1H3,(H2,18,20)/t10-,12-/m0/s1. The summed E-state index contributed by atoms with van der Waals surface area (Å²) in [6.07, 6.45) is 1.76. The maximum atomic E-state index is 12.1. The highest BCUT2D eigenvalue weighted by molar-refractivity contribution is 5.76. The van der Waals surface area contributed by atoms with Crippen LogP contribution in [0.25, 0.3) is 0 Å². The molecule has 2 atom stereocenters. The lowest BCUT2D eigenvalue weighted by Crippen LogP contribution is -2.45. The molecule has 0 aromatic heterocycles. The maximum Gasteiger partial charge on any atom is 0.387 e. The van der Waals surface area contributed by atoms with Gasteiger partial charge in [0.05, 0.1) is 5.92 Å². The van der Waals surface area contributed by atoms with Crippen LogP contribution in [0, 0.1) is 5.92 Å². The molecule has 1 aliphatic heterocycles. The van der Waals surface area contributed by atoms with E-state index in [0.29, 0.717) is 19.1 Å². The largest absolute Gasteiger partial charge is 0.435 e. The molecule has 1 aromatic rings. The molecular formula is C15H20F2N2O2. The number of benzene rings is 1. The molecule has 1 amide bonds. The summed E-state index contributed by atoms with van der Waals surface area (Å²) in [5, 5.41) is 0. The molecular weight excluding hydrogens is 278 g/mol. The molecule has 0 saturated carbocycles. The Morgan fingerprint density at radius 2 is 2.05 bits per heavy atom. The normalized spacial score (nSPS) is 23.2. The summed E-state index contributed by atoms with van der Waals surface area (Å²) >= 11 is 0. The van der Waals surface area contributed by atoms with Crippen molar-refractivity contribution in [1.82, 2.24) is 4.90 Å². The summed E-state index contributed by atoms with van der Waals surface area (Å²) < 4.78 is 28.5. The fourth-order valence-electron chi connectivity index (χ4n) is 2.64. The SMILES string of the molecule is C[C@H]1CC[C@H](C(N)=O)CN1Cc1ccc(OC(F)F)cc1. The van der Waals surface area contributed by atoms with Gasteiger partial charge in [-0.3, -0.25) is 9.69 Å². The van der Waals surface area contributed by atoms with Crippen molar-refractivity contribution in [3.05, 3.63) is 29.8 Å². The molecule has 0 unspecified atom stereocenters. The van der Waals surface area contributed by atoms with E-state index in [1.54, 1.807) is 12.1 Å². The molecule has 2 N–H and O–H groups in total. The van der Waals surface area contributed by atoms with Gasteiger partial charge in [-0.1, -0.05) is 12.1 Å². The smallest absolute Gasteiger partial charge is 0.387 e. The van der Waals surface area contributed by atoms with Gasteiger partial charge in [0.25, 0.3) is 0 Å². The van der Waals surface area contributed by atoms with Gasteiger partial charge in [-0.05, 0) is 37.5 Å². The Morgan fingerprint density at radius 1 is 1.38 bits per heavy atom. The summed E-state index contributed by atoms with van der Waals surface area (Å²) in [5.41, 5.74) is 6.38. The number of hydrogen-bond acceptors (Lipinski definition) is 3. The molecule has 0 radical (unpaired) electrons. The van der Waals surface area contributed by atoms with Gasteiger partial charge < -0.3 is 10.5 Å². The summed E-state index contributed by atoms with van der Waals surface area (Å²) in [5.74, 6) is -0.217. The first-order valence-corrected chi connectivity index (χ1v) is 7.03. The molecule has 2 rings (SSSR count). The second kappa shape index (κ2) is 6.85. The number of nitrogens with two attached hydrogens (primary N) is 1. The van der Waals surface area contributed by atoms with Gasteiger partial charge in [0.15, 0.2) is 0 Å². The second-order valence-electron chi connectivity index (χ2n) is 5.48. The number of primary amides is 1. The Kier molecular flexibility index (Phi) is 5.12. The van der Waals surface area contributed by atoms with Crippen molar-refractivity contribution in [2.24, 2.45) is 11.7 Å². The van der Waals surface area contributed by atoms with E-state index in [9.17, 15) is 13.6 Å². The quantitative estimate of drug-likeness (QED) is 0.908.